The summed E-state index contributed by atoms with van der Waals surface area (Å²) >= 11 is 1.96. The molecule has 1 aliphatic carbocycles. The Morgan fingerprint density at radius 1 is 1.35 bits per heavy atom. The fraction of sp³-hybridized carbons (Fsp3) is 0.929. The van der Waals surface area contributed by atoms with Crippen molar-refractivity contribution in [2.24, 2.45) is 10.9 Å². The van der Waals surface area contributed by atoms with Crippen LogP contribution in [-0.4, -0.2) is 23.0 Å². The molecule has 0 aromatic carbocycles. The molecule has 3 atom stereocenters. The largest absolute Gasteiger partial charge is 0.362 e. The third kappa shape index (κ3) is 3.64. The maximum Gasteiger partial charge on any atom is 0.157 e. The molecule has 0 saturated heterocycles. The normalized spacial score (nSPS) is 30.4. The summed E-state index contributed by atoms with van der Waals surface area (Å²) in [4.78, 5) is 4.94. The molecule has 1 aliphatic heterocycles. The van der Waals surface area contributed by atoms with Crippen LogP contribution in [0.2, 0.25) is 0 Å². The van der Waals surface area contributed by atoms with Gasteiger partial charge in [-0.25, -0.2) is 0 Å². The molecule has 0 spiro atoms. The van der Waals surface area contributed by atoms with E-state index in [0.29, 0.717) is 12.1 Å². The monoisotopic (exact) mass is 254 g/mol. The van der Waals surface area contributed by atoms with Crippen molar-refractivity contribution >= 4 is 16.9 Å². The van der Waals surface area contributed by atoms with E-state index in [1.807, 2.05) is 11.8 Å². The molecule has 0 aromatic heterocycles. The number of rotatable bonds is 4. The van der Waals surface area contributed by atoms with E-state index in [-0.39, 0.29) is 0 Å². The number of nitrogens with one attached hydrogen (secondary N) is 1. The van der Waals surface area contributed by atoms with Crippen LogP contribution in [0.5, 0.6) is 0 Å². The van der Waals surface area contributed by atoms with Gasteiger partial charge in [-0.05, 0) is 31.6 Å². The summed E-state index contributed by atoms with van der Waals surface area (Å²) < 4.78 is 0. The molecule has 3 heteroatoms. The zero-order valence-electron chi connectivity index (χ0n) is 11.2. The van der Waals surface area contributed by atoms with E-state index in [0.717, 1.165) is 5.92 Å². The summed E-state index contributed by atoms with van der Waals surface area (Å²) in [5.74, 6) is 2.16. The number of amidine groups is 1. The standard InChI is InChI=1S/C14H26N2S/c1-3-7-12(4-2)15-14-16-13-9-6-5-8-11(13)10-17-14/h11-13H,3-10H2,1-2H3,(H,15,16). The minimum absolute atomic E-state index is 0.631. The molecule has 98 valence electrons. The highest BCUT2D eigenvalue weighted by Gasteiger charge is 2.29. The van der Waals surface area contributed by atoms with Gasteiger partial charge < -0.3 is 5.32 Å². The predicted molar refractivity (Wildman–Crippen MR) is 77.8 cm³/mol. The maximum absolute atomic E-state index is 4.94. The number of aliphatic imine (C=N–C) groups is 1. The highest BCUT2D eigenvalue weighted by Crippen LogP contribution is 2.33. The van der Waals surface area contributed by atoms with Gasteiger partial charge in [-0.15, -0.1) is 0 Å². The number of hydrogen-bond donors (Lipinski definition) is 1. The van der Waals surface area contributed by atoms with Gasteiger partial charge in [-0.3, -0.25) is 4.99 Å². The van der Waals surface area contributed by atoms with Crippen molar-refractivity contribution in [1.29, 1.82) is 0 Å². The topological polar surface area (TPSA) is 24.4 Å². The zero-order chi connectivity index (χ0) is 12.1. The zero-order valence-corrected chi connectivity index (χ0v) is 12.1. The van der Waals surface area contributed by atoms with Crippen LogP contribution in [0.25, 0.3) is 0 Å². The van der Waals surface area contributed by atoms with E-state index in [9.17, 15) is 0 Å². The summed E-state index contributed by atoms with van der Waals surface area (Å²) in [6.45, 7) is 4.53. The molecule has 0 aromatic rings. The van der Waals surface area contributed by atoms with Crippen LogP contribution in [-0.2, 0) is 0 Å². The lowest BCUT2D eigenvalue weighted by Crippen LogP contribution is -2.38. The smallest absolute Gasteiger partial charge is 0.157 e. The van der Waals surface area contributed by atoms with E-state index in [4.69, 9.17) is 4.99 Å². The Balaban J connectivity index is 1.90. The molecule has 1 fully saturated rings. The third-order valence-electron chi connectivity index (χ3n) is 4.04. The Morgan fingerprint density at radius 3 is 2.94 bits per heavy atom. The van der Waals surface area contributed by atoms with Gasteiger partial charge in [0.25, 0.3) is 0 Å². The van der Waals surface area contributed by atoms with Gasteiger partial charge in [0.15, 0.2) is 5.17 Å². The molecule has 3 unspecified atom stereocenters. The molecule has 0 amide bonds. The van der Waals surface area contributed by atoms with E-state index in [1.165, 1.54) is 55.9 Å². The Hall–Kier alpha value is -0.180. The first-order valence-corrected chi connectivity index (χ1v) is 8.29. The number of thioether (sulfide) groups is 1. The van der Waals surface area contributed by atoms with Crippen molar-refractivity contribution < 1.29 is 0 Å². The van der Waals surface area contributed by atoms with E-state index in [2.05, 4.69) is 19.2 Å². The Labute approximate surface area is 110 Å². The van der Waals surface area contributed by atoms with Crippen LogP contribution in [0, 0.1) is 5.92 Å². The van der Waals surface area contributed by atoms with Crippen molar-refractivity contribution in [2.45, 2.75) is 70.9 Å². The second-order valence-electron chi connectivity index (χ2n) is 5.40. The lowest BCUT2D eigenvalue weighted by Gasteiger charge is -2.33. The SMILES string of the molecule is CCCC(CC)NC1=NC2CCCCC2CS1. The van der Waals surface area contributed by atoms with Gasteiger partial charge in [0, 0.05) is 11.8 Å². The van der Waals surface area contributed by atoms with Gasteiger partial charge in [0.05, 0.1) is 6.04 Å². The average molecular weight is 254 g/mol. The Kier molecular flexibility index (Phi) is 5.20. The molecule has 2 aliphatic rings. The van der Waals surface area contributed by atoms with Gasteiger partial charge in [0.1, 0.15) is 0 Å². The molecule has 1 saturated carbocycles. The lowest BCUT2D eigenvalue weighted by atomic mass is 9.86. The number of nitrogens with zero attached hydrogens (tertiary/aromatic N) is 1. The van der Waals surface area contributed by atoms with E-state index < -0.39 is 0 Å². The van der Waals surface area contributed by atoms with Crippen molar-refractivity contribution in [3.63, 3.8) is 0 Å². The molecule has 2 nitrogen and oxygen atoms in total. The van der Waals surface area contributed by atoms with Gasteiger partial charge >= 0.3 is 0 Å². The highest BCUT2D eigenvalue weighted by atomic mass is 32.2. The molecule has 17 heavy (non-hydrogen) atoms. The molecule has 0 bridgehead atoms. The van der Waals surface area contributed by atoms with Crippen molar-refractivity contribution in [1.82, 2.24) is 5.32 Å². The van der Waals surface area contributed by atoms with Crippen LogP contribution in [0.15, 0.2) is 4.99 Å². The minimum Gasteiger partial charge on any atom is -0.362 e. The summed E-state index contributed by atoms with van der Waals surface area (Å²) in [5, 5.41) is 4.88. The third-order valence-corrected chi connectivity index (χ3v) is 5.14. The molecular weight excluding hydrogens is 228 g/mol. The van der Waals surface area contributed by atoms with Crippen LogP contribution in [0.1, 0.15) is 58.8 Å². The highest BCUT2D eigenvalue weighted by molar-refractivity contribution is 8.13. The molecule has 2 rings (SSSR count). The van der Waals surface area contributed by atoms with Gasteiger partial charge in [0.2, 0.25) is 0 Å². The minimum atomic E-state index is 0.631. The van der Waals surface area contributed by atoms with E-state index >= 15 is 0 Å². The molecule has 1 heterocycles. The first-order chi connectivity index (χ1) is 8.33. The molecular formula is C14H26N2S. The van der Waals surface area contributed by atoms with E-state index in [1.54, 1.807) is 0 Å². The summed E-state index contributed by atoms with van der Waals surface area (Å²) in [7, 11) is 0. The van der Waals surface area contributed by atoms with Crippen LogP contribution >= 0.6 is 11.8 Å². The van der Waals surface area contributed by atoms with Gasteiger partial charge in [-0.2, -0.15) is 0 Å². The maximum atomic E-state index is 4.94. The van der Waals surface area contributed by atoms with Crippen LogP contribution in [0.3, 0.4) is 0 Å². The average Bonchev–Trinajstić information content (AvgIpc) is 2.38. The number of hydrogen-bond acceptors (Lipinski definition) is 3. The first-order valence-electron chi connectivity index (χ1n) is 7.30. The van der Waals surface area contributed by atoms with Crippen LogP contribution in [0.4, 0.5) is 0 Å². The second-order valence-corrected chi connectivity index (χ2v) is 6.40. The Bertz CT molecular complexity index is 265. The van der Waals surface area contributed by atoms with Crippen molar-refractivity contribution in [3.05, 3.63) is 0 Å². The summed E-state index contributed by atoms with van der Waals surface area (Å²) in [5.41, 5.74) is 0. The lowest BCUT2D eigenvalue weighted by molar-refractivity contribution is 0.335. The van der Waals surface area contributed by atoms with Crippen molar-refractivity contribution in [3.8, 4) is 0 Å². The Morgan fingerprint density at radius 2 is 2.18 bits per heavy atom. The summed E-state index contributed by atoms with van der Waals surface area (Å²) in [6, 6.07) is 1.26. The summed E-state index contributed by atoms with van der Waals surface area (Å²) in [6.07, 6.45) is 9.27. The quantitative estimate of drug-likeness (QED) is 0.825. The molecule has 0 radical (unpaired) electrons. The second kappa shape index (κ2) is 6.67. The van der Waals surface area contributed by atoms with Gasteiger partial charge in [-0.1, -0.05) is 44.9 Å². The predicted octanol–water partition coefficient (Wildman–Crippen LogP) is 3.82. The van der Waals surface area contributed by atoms with Crippen LogP contribution < -0.4 is 5.32 Å². The number of fused-ring (bicyclic) bond motifs is 1. The fourth-order valence-corrected chi connectivity index (χ4v) is 4.13. The molecule has 1 N–H and O–H groups in total. The first kappa shape index (κ1) is 13.3. The van der Waals surface area contributed by atoms with Crippen molar-refractivity contribution in [2.75, 3.05) is 5.75 Å². The fourth-order valence-electron chi connectivity index (χ4n) is 2.91.